The Morgan fingerprint density at radius 2 is 1.15 bits per heavy atom. The van der Waals surface area contributed by atoms with Crippen LogP contribution in [-0.2, 0) is 0 Å². The van der Waals surface area contributed by atoms with Gasteiger partial charge in [0.05, 0.1) is 22.1 Å². The van der Waals surface area contributed by atoms with Crippen LogP contribution in [0.25, 0.3) is 0 Å². The van der Waals surface area contributed by atoms with Crippen LogP contribution in [0.2, 0.25) is 10.0 Å². The fourth-order valence-corrected chi connectivity index (χ4v) is 2.78. The van der Waals surface area contributed by atoms with Crippen molar-refractivity contribution in [1.29, 1.82) is 0 Å². The van der Waals surface area contributed by atoms with E-state index in [2.05, 4.69) is 0 Å². The van der Waals surface area contributed by atoms with Crippen LogP contribution >= 0.6 is 23.2 Å². The minimum Gasteiger partial charge on any atom is -0.388 e. The Labute approximate surface area is 157 Å². The molecule has 0 heterocycles. The number of nitrogens with zero attached hydrogens (tertiary/aromatic N) is 2. The number of halogens is 2. The molecule has 0 saturated heterocycles. The molecule has 0 aliphatic heterocycles. The highest BCUT2D eigenvalue weighted by atomic mass is 35.5. The van der Waals surface area contributed by atoms with Crippen molar-refractivity contribution < 1.29 is 20.1 Å². The van der Waals surface area contributed by atoms with E-state index in [9.17, 15) is 30.4 Å². The SMILES string of the molecule is O=[N+]([O-])c1cc([C@H](O)CC[C@@H](O)c2ccc(Cl)c([N+](=O)[O-])c2)ccc1Cl. The van der Waals surface area contributed by atoms with Crippen LogP contribution in [0, 0.1) is 20.2 Å². The average molecular weight is 401 g/mol. The first-order chi connectivity index (χ1) is 12.2. The maximum atomic E-state index is 10.9. The second-order valence-corrected chi connectivity index (χ2v) is 6.36. The average Bonchev–Trinajstić information content (AvgIpc) is 2.59. The van der Waals surface area contributed by atoms with Crippen LogP contribution in [0.4, 0.5) is 11.4 Å². The number of nitro benzene ring substituents is 2. The smallest absolute Gasteiger partial charge is 0.288 e. The van der Waals surface area contributed by atoms with Gasteiger partial charge < -0.3 is 10.2 Å². The molecule has 2 rings (SSSR count). The molecule has 2 N–H and O–H groups in total. The normalized spacial score (nSPS) is 13.2. The van der Waals surface area contributed by atoms with Crippen LogP contribution in [0.3, 0.4) is 0 Å². The molecule has 0 aliphatic rings. The van der Waals surface area contributed by atoms with Crippen molar-refractivity contribution in [3.05, 3.63) is 77.8 Å². The van der Waals surface area contributed by atoms with Gasteiger partial charge >= 0.3 is 0 Å². The molecule has 0 radical (unpaired) electrons. The molecule has 0 unspecified atom stereocenters. The second kappa shape index (κ2) is 8.41. The first kappa shape index (κ1) is 20.1. The number of rotatable bonds is 7. The molecule has 0 aromatic heterocycles. The number of nitro groups is 2. The van der Waals surface area contributed by atoms with Gasteiger partial charge in [0.1, 0.15) is 10.0 Å². The van der Waals surface area contributed by atoms with E-state index in [1.807, 2.05) is 0 Å². The summed E-state index contributed by atoms with van der Waals surface area (Å²) < 4.78 is 0. The van der Waals surface area contributed by atoms with Gasteiger partial charge in [-0.3, -0.25) is 20.2 Å². The highest BCUT2D eigenvalue weighted by Crippen LogP contribution is 2.32. The first-order valence-corrected chi connectivity index (χ1v) is 8.20. The van der Waals surface area contributed by atoms with Gasteiger partial charge in [-0.1, -0.05) is 35.3 Å². The summed E-state index contributed by atoms with van der Waals surface area (Å²) in [6, 6.07) is 7.90. The fourth-order valence-electron chi connectivity index (χ4n) is 2.40. The van der Waals surface area contributed by atoms with Crippen LogP contribution in [0.1, 0.15) is 36.2 Å². The summed E-state index contributed by atoms with van der Waals surface area (Å²) in [5.74, 6) is 0. The maximum absolute atomic E-state index is 10.9. The molecule has 0 bridgehead atoms. The Morgan fingerprint density at radius 3 is 1.46 bits per heavy atom. The predicted octanol–water partition coefficient (Wildman–Crippen LogP) is 4.36. The Kier molecular flexibility index (Phi) is 6.49. The van der Waals surface area contributed by atoms with Gasteiger partial charge in [-0.2, -0.15) is 0 Å². The summed E-state index contributed by atoms with van der Waals surface area (Å²) in [6.07, 6.45) is -1.97. The van der Waals surface area contributed by atoms with E-state index in [1.165, 1.54) is 36.4 Å². The Bertz CT molecular complexity index is 776. The molecule has 138 valence electrons. The maximum Gasteiger partial charge on any atom is 0.288 e. The number of hydrogen-bond acceptors (Lipinski definition) is 6. The van der Waals surface area contributed by atoms with Gasteiger partial charge in [0.25, 0.3) is 11.4 Å². The van der Waals surface area contributed by atoms with E-state index in [0.717, 1.165) is 0 Å². The van der Waals surface area contributed by atoms with Gasteiger partial charge in [-0.25, -0.2) is 0 Å². The summed E-state index contributed by atoms with van der Waals surface area (Å²) in [6.45, 7) is 0. The lowest BCUT2D eigenvalue weighted by molar-refractivity contribution is -0.385. The second-order valence-electron chi connectivity index (χ2n) is 5.54. The van der Waals surface area contributed by atoms with Gasteiger partial charge in [-0.05, 0) is 36.1 Å². The van der Waals surface area contributed by atoms with E-state index >= 15 is 0 Å². The molecule has 10 heteroatoms. The number of hydrogen-bond donors (Lipinski definition) is 2. The highest BCUT2D eigenvalue weighted by Gasteiger charge is 2.20. The number of aliphatic hydroxyl groups excluding tert-OH is 2. The molecular weight excluding hydrogens is 387 g/mol. The third kappa shape index (κ3) is 4.67. The van der Waals surface area contributed by atoms with Crippen LogP contribution < -0.4 is 0 Å². The van der Waals surface area contributed by atoms with Crippen molar-refractivity contribution >= 4 is 34.6 Å². The van der Waals surface area contributed by atoms with Crippen LogP contribution in [-0.4, -0.2) is 20.1 Å². The fraction of sp³-hybridized carbons (Fsp3) is 0.250. The molecule has 0 spiro atoms. The standard InChI is InChI=1S/C16H14Cl2N2O6/c17-11-3-1-9(7-13(11)19(23)24)15(21)5-6-16(22)10-2-4-12(18)14(8-10)20(25)26/h1-4,7-8,15-16,21-22H,5-6H2/t15-,16-/m1/s1. The van der Waals surface area contributed by atoms with Crippen molar-refractivity contribution in [2.24, 2.45) is 0 Å². The first-order valence-electron chi connectivity index (χ1n) is 7.44. The molecule has 0 saturated carbocycles. The molecule has 0 fully saturated rings. The van der Waals surface area contributed by atoms with Gasteiger partial charge in [0.15, 0.2) is 0 Å². The predicted molar refractivity (Wildman–Crippen MR) is 95.4 cm³/mol. The lowest BCUT2D eigenvalue weighted by Gasteiger charge is -2.15. The minimum atomic E-state index is -1.07. The molecule has 0 aliphatic carbocycles. The van der Waals surface area contributed by atoms with E-state index in [1.54, 1.807) is 0 Å². The molecule has 2 atom stereocenters. The third-order valence-electron chi connectivity index (χ3n) is 3.82. The quantitative estimate of drug-likeness (QED) is 0.524. The van der Waals surface area contributed by atoms with Crippen molar-refractivity contribution in [2.75, 3.05) is 0 Å². The summed E-state index contributed by atoms with van der Waals surface area (Å²) in [7, 11) is 0. The summed E-state index contributed by atoms with van der Waals surface area (Å²) >= 11 is 11.5. The number of benzene rings is 2. The van der Waals surface area contributed by atoms with Gasteiger partial charge in [0.2, 0.25) is 0 Å². The highest BCUT2D eigenvalue weighted by molar-refractivity contribution is 6.33. The Balaban J connectivity index is 2.08. The molecular formula is C16H14Cl2N2O6. The largest absolute Gasteiger partial charge is 0.388 e. The molecule has 2 aromatic carbocycles. The van der Waals surface area contributed by atoms with Crippen LogP contribution in [0.15, 0.2) is 36.4 Å². The Morgan fingerprint density at radius 1 is 0.808 bits per heavy atom. The molecule has 0 amide bonds. The summed E-state index contributed by atoms with van der Waals surface area (Å²) in [5, 5.41) is 42.1. The van der Waals surface area contributed by atoms with E-state index in [-0.39, 0.29) is 45.4 Å². The van der Waals surface area contributed by atoms with E-state index < -0.39 is 22.1 Å². The van der Waals surface area contributed by atoms with E-state index in [0.29, 0.717) is 0 Å². The topological polar surface area (TPSA) is 127 Å². The lowest BCUT2D eigenvalue weighted by atomic mass is 9.98. The van der Waals surface area contributed by atoms with Gasteiger partial charge in [-0.15, -0.1) is 0 Å². The monoisotopic (exact) mass is 400 g/mol. The third-order valence-corrected chi connectivity index (χ3v) is 4.46. The van der Waals surface area contributed by atoms with E-state index in [4.69, 9.17) is 23.2 Å². The van der Waals surface area contributed by atoms with Crippen molar-refractivity contribution in [3.63, 3.8) is 0 Å². The minimum absolute atomic E-state index is 0.0422. The molecule has 26 heavy (non-hydrogen) atoms. The zero-order chi connectivity index (χ0) is 19.4. The Hall–Kier alpha value is -2.26. The molecule has 2 aromatic rings. The molecule has 8 nitrogen and oxygen atoms in total. The van der Waals surface area contributed by atoms with Crippen molar-refractivity contribution in [3.8, 4) is 0 Å². The van der Waals surface area contributed by atoms with Crippen molar-refractivity contribution in [2.45, 2.75) is 25.0 Å². The zero-order valence-electron chi connectivity index (χ0n) is 13.2. The summed E-state index contributed by atoms with van der Waals surface area (Å²) in [5.41, 5.74) is -0.0695. The summed E-state index contributed by atoms with van der Waals surface area (Å²) in [4.78, 5) is 20.5. The van der Waals surface area contributed by atoms with Crippen LogP contribution in [0.5, 0.6) is 0 Å². The zero-order valence-corrected chi connectivity index (χ0v) is 14.7. The lowest BCUT2D eigenvalue weighted by Crippen LogP contribution is -2.04. The van der Waals surface area contributed by atoms with Gasteiger partial charge in [0, 0.05) is 12.1 Å². The number of aliphatic hydroxyl groups is 2. The van der Waals surface area contributed by atoms with Crippen molar-refractivity contribution in [1.82, 2.24) is 0 Å².